The molecule has 0 radical (unpaired) electrons. The maximum atomic E-state index is 12.3. The van der Waals surface area contributed by atoms with Crippen molar-refractivity contribution in [2.75, 3.05) is 20.6 Å². The average molecular weight is 472 g/mol. The Morgan fingerprint density at radius 1 is 1.06 bits per heavy atom. The summed E-state index contributed by atoms with van der Waals surface area (Å²) < 4.78 is 5.88. The van der Waals surface area contributed by atoms with Gasteiger partial charge in [-0.25, -0.2) is 0 Å². The Hall–Kier alpha value is -0.830. The summed E-state index contributed by atoms with van der Waals surface area (Å²) in [4.78, 5) is 14.2. The van der Waals surface area contributed by atoms with E-state index in [-0.39, 0.29) is 12.1 Å². The van der Waals surface area contributed by atoms with Crippen molar-refractivity contribution in [2.45, 2.75) is 111 Å². The van der Waals surface area contributed by atoms with Gasteiger partial charge in [-0.1, -0.05) is 65.5 Å². The third-order valence-corrected chi connectivity index (χ3v) is 11.0. The smallest absolute Gasteiger partial charge is 0.320 e. The van der Waals surface area contributed by atoms with Gasteiger partial charge in [0.2, 0.25) is 0 Å². The molecule has 3 nitrogen and oxygen atoms in total. The zero-order valence-corrected chi connectivity index (χ0v) is 23.4. The minimum atomic E-state index is -0.0687. The fourth-order valence-electron chi connectivity index (χ4n) is 9.23. The van der Waals surface area contributed by atoms with Crippen molar-refractivity contribution in [3.8, 4) is 0 Å². The molecule has 4 aliphatic rings. The maximum Gasteiger partial charge on any atom is 0.320 e. The molecule has 0 aromatic carbocycles. The van der Waals surface area contributed by atoms with Crippen LogP contribution in [0.1, 0.15) is 105 Å². The van der Waals surface area contributed by atoms with Crippen molar-refractivity contribution in [1.29, 1.82) is 0 Å². The highest BCUT2D eigenvalue weighted by atomic mass is 16.5. The van der Waals surface area contributed by atoms with Crippen LogP contribution >= 0.6 is 0 Å². The molecule has 4 rings (SSSR count). The van der Waals surface area contributed by atoms with Crippen LogP contribution in [-0.2, 0) is 9.53 Å². The van der Waals surface area contributed by atoms with Gasteiger partial charge in [0.15, 0.2) is 0 Å². The number of esters is 1. The Labute approximate surface area is 210 Å². The third kappa shape index (κ3) is 5.02. The number of rotatable bonds is 8. The van der Waals surface area contributed by atoms with Crippen LogP contribution in [-0.4, -0.2) is 37.6 Å². The summed E-state index contributed by atoms with van der Waals surface area (Å²) in [6.45, 7) is 12.9. The Balaban J connectivity index is 1.42. The number of likely N-dealkylation sites (N-methyl/N-ethyl adjacent to an activating group) is 1. The van der Waals surface area contributed by atoms with Crippen LogP contribution in [0, 0.1) is 46.3 Å². The minimum Gasteiger partial charge on any atom is -0.461 e. The van der Waals surface area contributed by atoms with E-state index in [2.05, 4.69) is 40.7 Å². The zero-order chi connectivity index (χ0) is 24.7. The summed E-state index contributed by atoms with van der Waals surface area (Å²) in [5, 5.41) is 0. The summed E-state index contributed by atoms with van der Waals surface area (Å²) in [6.07, 6.45) is 17.1. The quantitative estimate of drug-likeness (QED) is 0.271. The SMILES string of the molecule is CC(C)CCC[C@@H](C)[C@H]1CC[C@H]2[C@@H]3CC=C4C[C@@H](OC(=O)CN(C)C)CC[C@]4(C)[C@H]3CC[C@]12C. The molecule has 3 heteroatoms. The first-order valence-corrected chi connectivity index (χ1v) is 14.6. The first-order valence-electron chi connectivity index (χ1n) is 14.6. The molecule has 0 saturated heterocycles. The van der Waals surface area contributed by atoms with Gasteiger partial charge < -0.3 is 4.74 Å². The summed E-state index contributed by atoms with van der Waals surface area (Å²) in [6, 6.07) is 0. The van der Waals surface area contributed by atoms with E-state index >= 15 is 0 Å². The largest absolute Gasteiger partial charge is 0.461 e. The molecule has 194 valence electrons. The molecular formula is C31H53NO2. The highest BCUT2D eigenvalue weighted by Crippen LogP contribution is 2.67. The van der Waals surface area contributed by atoms with Crippen LogP contribution in [0.4, 0.5) is 0 Å². The van der Waals surface area contributed by atoms with Crippen LogP contribution in [0.2, 0.25) is 0 Å². The van der Waals surface area contributed by atoms with Gasteiger partial charge in [0.05, 0.1) is 6.54 Å². The molecule has 0 aromatic rings. The van der Waals surface area contributed by atoms with Crippen molar-refractivity contribution in [2.24, 2.45) is 46.3 Å². The molecule has 0 N–H and O–H groups in total. The summed E-state index contributed by atoms with van der Waals surface area (Å²) in [5.41, 5.74) is 2.50. The van der Waals surface area contributed by atoms with E-state index < -0.39 is 0 Å². The van der Waals surface area contributed by atoms with Crippen LogP contribution in [0.5, 0.6) is 0 Å². The molecular weight excluding hydrogens is 418 g/mol. The monoisotopic (exact) mass is 471 g/mol. The summed E-state index contributed by atoms with van der Waals surface area (Å²) in [7, 11) is 3.86. The number of hydrogen-bond acceptors (Lipinski definition) is 3. The van der Waals surface area contributed by atoms with Crippen molar-refractivity contribution in [3.05, 3.63) is 11.6 Å². The van der Waals surface area contributed by atoms with Gasteiger partial charge in [-0.15, -0.1) is 0 Å². The van der Waals surface area contributed by atoms with Gasteiger partial charge in [-0.3, -0.25) is 9.69 Å². The lowest BCUT2D eigenvalue weighted by atomic mass is 9.47. The first kappa shape index (κ1) is 26.2. The molecule has 0 aromatic heterocycles. The van der Waals surface area contributed by atoms with Crippen molar-refractivity contribution < 1.29 is 9.53 Å². The summed E-state index contributed by atoms with van der Waals surface area (Å²) in [5.74, 6) is 5.19. The topological polar surface area (TPSA) is 29.5 Å². The predicted molar refractivity (Wildman–Crippen MR) is 141 cm³/mol. The lowest BCUT2D eigenvalue weighted by molar-refractivity contribution is -0.152. The normalized spacial score (nSPS) is 40.4. The predicted octanol–water partition coefficient (Wildman–Crippen LogP) is 7.50. The zero-order valence-electron chi connectivity index (χ0n) is 23.4. The van der Waals surface area contributed by atoms with Gasteiger partial charge in [-0.2, -0.15) is 0 Å². The summed E-state index contributed by atoms with van der Waals surface area (Å²) >= 11 is 0. The van der Waals surface area contributed by atoms with Crippen LogP contribution in [0.3, 0.4) is 0 Å². The van der Waals surface area contributed by atoms with Gasteiger partial charge in [0, 0.05) is 6.42 Å². The minimum absolute atomic E-state index is 0.0687. The molecule has 0 aliphatic heterocycles. The second kappa shape index (κ2) is 10.3. The molecule has 0 unspecified atom stereocenters. The second-order valence-electron chi connectivity index (χ2n) is 13.9. The number of carbonyl (C=O) groups excluding carboxylic acids is 1. The highest BCUT2D eigenvalue weighted by Gasteiger charge is 2.59. The van der Waals surface area contributed by atoms with E-state index in [1.54, 1.807) is 5.57 Å². The number of fused-ring (bicyclic) bond motifs is 5. The fraction of sp³-hybridized carbons (Fsp3) is 0.903. The lowest BCUT2D eigenvalue weighted by Crippen LogP contribution is -2.51. The number of ether oxygens (including phenoxy) is 1. The van der Waals surface area contributed by atoms with Crippen molar-refractivity contribution >= 4 is 5.97 Å². The Morgan fingerprint density at radius 3 is 2.53 bits per heavy atom. The lowest BCUT2D eigenvalue weighted by Gasteiger charge is -2.58. The Kier molecular flexibility index (Phi) is 7.92. The molecule has 3 saturated carbocycles. The molecule has 0 spiro atoms. The first-order chi connectivity index (χ1) is 16.0. The fourth-order valence-corrected chi connectivity index (χ4v) is 9.23. The molecule has 0 amide bonds. The number of allylic oxidation sites excluding steroid dienone is 1. The van der Waals surface area contributed by atoms with E-state index in [9.17, 15) is 4.79 Å². The van der Waals surface area contributed by atoms with Gasteiger partial charge >= 0.3 is 5.97 Å². The third-order valence-electron chi connectivity index (χ3n) is 11.0. The van der Waals surface area contributed by atoms with Crippen molar-refractivity contribution in [3.63, 3.8) is 0 Å². The van der Waals surface area contributed by atoms with Gasteiger partial charge in [0.1, 0.15) is 6.10 Å². The second-order valence-corrected chi connectivity index (χ2v) is 13.9. The standard InChI is InChI=1S/C31H53NO2/c1-21(2)9-8-10-22(3)26-13-14-27-25-12-11-23-19-24(34-29(33)20-32(6)7)15-17-30(23,4)28(25)16-18-31(26,27)5/h11,21-22,24-28H,8-10,12-20H2,1-7H3/t22-,24+,25+,26-,27+,28+,30+,31-/m1/s1. The molecule has 0 bridgehead atoms. The van der Waals surface area contributed by atoms with Gasteiger partial charge in [-0.05, 0) is 105 Å². The van der Waals surface area contributed by atoms with Crippen LogP contribution < -0.4 is 0 Å². The highest BCUT2D eigenvalue weighted by molar-refractivity contribution is 5.71. The number of carbonyl (C=O) groups is 1. The number of nitrogens with zero attached hydrogens (tertiary/aromatic N) is 1. The Morgan fingerprint density at radius 2 is 1.82 bits per heavy atom. The van der Waals surface area contributed by atoms with E-state index in [1.807, 2.05) is 19.0 Å². The molecule has 34 heavy (non-hydrogen) atoms. The number of hydrogen-bond donors (Lipinski definition) is 0. The van der Waals surface area contributed by atoms with E-state index in [0.717, 1.165) is 48.3 Å². The Bertz CT molecular complexity index is 757. The molecule has 4 aliphatic carbocycles. The van der Waals surface area contributed by atoms with E-state index in [0.29, 0.717) is 17.4 Å². The van der Waals surface area contributed by atoms with Crippen LogP contribution in [0.15, 0.2) is 11.6 Å². The molecule has 3 fully saturated rings. The molecule has 0 heterocycles. The maximum absolute atomic E-state index is 12.3. The van der Waals surface area contributed by atoms with Crippen molar-refractivity contribution in [1.82, 2.24) is 4.90 Å². The van der Waals surface area contributed by atoms with E-state index in [1.165, 1.54) is 57.8 Å². The van der Waals surface area contributed by atoms with Gasteiger partial charge in [0.25, 0.3) is 0 Å². The molecule has 8 atom stereocenters. The van der Waals surface area contributed by atoms with Crippen LogP contribution in [0.25, 0.3) is 0 Å². The van der Waals surface area contributed by atoms with E-state index in [4.69, 9.17) is 4.74 Å². The average Bonchev–Trinajstić information content (AvgIpc) is 3.10.